The summed E-state index contributed by atoms with van der Waals surface area (Å²) >= 11 is 0. The van der Waals surface area contributed by atoms with Crippen LogP contribution in [0.5, 0.6) is 0 Å². The molecule has 0 aliphatic carbocycles. The Morgan fingerprint density at radius 1 is 0.923 bits per heavy atom. The molecule has 0 saturated heterocycles. The Balaban J connectivity index is 1.63. The van der Waals surface area contributed by atoms with Crippen LogP contribution in [0.25, 0.3) is 21.9 Å². The number of nitrogens with one attached hydrogen (secondary N) is 1. The van der Waals surface area contributed by atoms with E-state index in [4.69, 9.17) is 0 Å². The molecule has 4 rings (SSSR count). The summed E-state index contributed by atoms with van der Waals surface area (Å²) in [6.07, 6.45) is 1.62. The van der Waals surface area contributed by atoms with Gasteiger partial charge in [0, 0.05) is 18.9 Å². The molecule has 4 heteroatoms. The third kappa shape index (κ3) is 2.97. The SMILES string of the molecule is Cc1cc(-c2ccc3ccccc3c2)ccc1NC(=O)c1ccnn1C. The van der Waals surface area contributed by atoms with Crippen LogP contribution >= 0.6 is 0 Å². The quantitative estimate of drug-likeness (QED) is 0.582. The molecule has 0 aliphatic rings. The summed E-state index contributed by atoms with van der Waals surface area (Å²) in [6.45, 7) is 2.00. The average Bonchev–Trinajstić information content (AvgIpc) is 3.09. The van der Waals surface area contributed by atoms with Crippen molar-refractivity contribution in [3.8, 4) is 11.1 Å². The lowest BCUT2D eigenvalue weighted by molar-refractivity contribution is 0.101. The van der Waals surface area contributed by atoms with Crippen LogP contribution in [0.2, 0.25) is 0 Å². The molecule has 26 heavy (non-hydrogen) atoms. The van der Waals surface area contributed by atoms with Crippen molar-refractivity contribution in [2.24, 2.45) is 7.05 Å². The first-order chi connectivity index (χ1) is 12.6. The smallest absolute Gasteiger partial charge is 0.273 e. The molecule has 1 heterocycles. The Hall–Kier alpha value is -3.40. The molecule has 1 N–H and O–H groups in total. The van der Waals surface area contributed by atoms with Gasteiger partial charge in [-0.1, -0.05) is 42.5 Å². The van der Waals surface area contributed by atoms with Crippen molar-refractivity contribution in [1.82, 2.24) is 9.78 Å². The van der Waals surface area contributed by atoms with E-state index in [2.05, 4.69) is 52.9 Å². The first-order valence-electron chi connectivity index (χ1n) is 8.51. The molecule has 0 unspecified atom stereocenters. The van der Waals surface area contributed by atoms with Crippen molar-refractivity contribution < 1.29 is 4.79 Å². The minimum absolute atomic E-state index is 0.161. The number of benzene rings is 3. The van der Waals surface area contributed by atoms with Gasteiger partial charge in [-0.15, -0.1) is 0 Å². The number of hydrogen-bond donors (Lipinski definition) is 1. The molecular weight excluding hydrogens is 322 g/mol. The van der Waals surface area contributed by atoms with Crippen molar-refractivity contribution in [3.63, 3.8) is 0 Å². The lowest BCUT2D eigenvalue weighted by Crippen LogP contribution is -2.16. The molecule has 0 bridgehead atoms. The lowest BCUT2D eigenvalue weighted by atomic mass is 9.99. The Kier molecular flexibility index (Phi) is 4.01. The second kappa shape index (κ2) is 6.48. The van der Waals surface area contributed by atoms with Crippen LogP contribution in [-0.2, 0) is 7.05 Å². The predicted octanol–water partition coefficient (Wildman–Crippen LogP) is 4.80. The predicted molar refractivity (Wildman–Crippen MR) is 105 cm³/mol. The standard InChI is InChI=1S/C22H19N3O/c1-15-13-18(19-8-7-16-5-3-4-6-17(16)14-19)9-10-20(15)24-22(26)21-11-12-23-25(21)2/h3-14H,1-2H3,(H,24,26). The van der Waals surface area contributed by atoms with E-state index in [1.165, 1.54) is 10.8 Å². The number of amides is 1. The molecular formula is C22H19N3O. The molecule has 128 valence electrons. The Bertz CT molecular complexity index is 1110. The number of carbonyl (C=O) groups excluding carboxylic acids is 1. The molecule has 1 amide bonds. The Labute approximate surface area is 152 Å². The highest BCUT2D eigenvalue weighted by molar-refractivity contribution is 6.03. The van der Waals surface area contributed by atoms with E-state index < -0.39 is 0 Å². The van der Waals surface area contributed by atoms with E-state index in [1.807, 2.05) is 25.1 Å². The van der Waals surface area contributed by atoms with Gasteiger partial charge in [0.15, 0.2) is 0 Å². The fourth-order valence-electron chi connectivity index (χ4n) is 3.14. The second-order valence-corrected chi connectivity index (χ2v) is 6.39. The van der Waals surface area contributed by atoms with Crippen LogP contribution in [0, 0.1) is 6.92 Å². The first-order valence-corrected chi connectivity index (χ1v) is 8.51. The Morgan fingerprint density at radius 3 is 2.38 bits per heavy atom. The van der Waals surface area contributed by atoms with Crippen molar-refractivity contribution in [3.05, 3.63) is 84.2 Å². The summed E-state index contributed by atoms with van der Waals surface area (Å²) in [6, 6.07) is 22.6. The van der Waals surface area contributed by atoms with Crippen molar-refractivity contribution in [2.45, 2.75) is 6.92 Å². The normalized spacial score (nSPS) is 10.8. The monoisotopic (exact) mass is 341 g/mol. The highest BCUT2D eigenvalue weighted by atomic mass is 16.2. The number of anilines is 1. The minimum Gasteiger partial charge on any atom is -0.320 e. The van der Waals surface area contributed by atoms with Gasteiger partial charge in [-0.05, 0) is 58.7 Å². The van der Waals surface area contributed by atoms with Crippen LogP contribution in [0.1, 0.15) is 16.1 Å². The number of hydrogen-bond acceptors (Lipinski definition) is 2. The molecule has 0 atom stereocenters. The maximum absolute atomic E-state index is 12.4. The first kappa shape index (κ1) is 16.1. The molecule has 0 fully saturated rings. The highest BCUT2D eigenvalue weighted by Gasteiger charge is 2.12. The zero-order valence-electron chi connectivity index (χ0n) is 14.7. The molecule has 0 aliphatic heterocycles. The van der Waals surface area contributed by atoms with E-state index in [0.29, 0.717) is 5.69 Å². The van der Waals surface area contributed by atoms with Gasteiger partial charge in [0.05, 0.1) is 0 Å². The van der Waals surface area contributed by atoms with Crippen LogP contribution in [-0.4, -0.2) is 15.7 Å². The second-order valence-electron chi connectivity index (χ2n) is 6.39. The molecule has 0 radical (unpaired) electrons. The molecule has 4 nitrogen and oxygen atoms in total. The van der Waals surface area contributed by atoms with E-state index in [9.17, 15) is 4.79 Å². The summed E-state index contributed by atoms with van der Waals surface area (Å²) in [5.41, 5.74) is 4.65. The van der Waals surface area contributed by atoms with Gasteiger partial charge < -0.3 is 5.32 Å². The van der Waals surface area contributed by atoms with Crippen molar-refractivity contribution in [2.75, 3.05) is 5.32 Å². The molecule has 3 aromatic carbocycles. The fraction of sp³-hybridized carbons (Fsp3) is 0.0909. The zero-order valence-corrected chi connectivity index (χ0v) is 14.7. The summed E-state index contributed by atoms with van der Waals surface area (Å²) in [5, 5.41) is 9.45. The molecule has 0 spiro atoms. The van der Waals surface area contributed by atoms with Gasteiger partial charge in [0.1, 0.15) is 5.69 Å². The van der Waals surface area contributed by atoms with Crippen molar-refractivity contribution >= 4 is 22.4 Å². The lowest BCUT2D eigenvalue weighted by Gasteiger charge is -2.11. The van der Waals surface area contributed by atoms with Crippen LogP contribution < -0.4 is 5.32 Å². The van der Waals surface area contributed by atoms with Gasteiger partial charge >= 0.3 is 0 Å². The summed E-state index contributed by atoms with van der Waals surface area (Å²) in [7, 11) is 1.75. The maximum Gasteiger partial charge on any atom is 0.273 e. The maximum atomic E-state index is 12.4. The number of aromatic nitrogens is 2. The molecule has 1 aromatic heterocycles. The molecule has 4 aromatic rings. The van der Waals surface area contributed by atoms with E-state index in [0.717, 1.165) is 22.4 Å². The van der Waals surface area contributed by atoms with E-state index >= 15 is 0 Å². The highest BCUT2D eigenvalue weighted by Crippen LogP contribution is 2.28. The number of carbonyl (C=O) groups is 1. The average molecular weight is 341 g/mol. The van der Waals surface area contributed by atoms with Crippen LogP contribution in [0.15, 0.2) is 72.9 Å². The van der Waals surface area contributed by atoms with E-state index in [-0.39, 0.29) is 5.91 Å². The van der Waals surface area contributed by atoms with Crippen LogP contribution in [0.3, 0.4) is 0 Å². The fourth-order valence-corrected chi connectivity index (χ4v) is 3.14. The topological polar surface area (TPSA) is 46.9 Å². The van der Waals surface area contributed by atoms with E-state index in [1.54, 1.807) is 24.0 Å². The van der Waals surface area contributed by atoms with Gasteiger partial charge in [-0.25, -0.2) is 0 Å². The number of fused-ring (bicyclic) bond motifs is 1. The minimum atomic E-state index is -0.161. The Morgan fingerprint density at radius 2 is 1.65 bits per heavy atom. The molecule has 0 saturated carbocycles. The summed E-state index contributed by atoms with van der Waals surface area (Å²) in [5.74, 6) is -0.161. The van der Waals surface area contributed by atoms with Crippen molar-refractivity contribution in [1.29, 1.82) is 0 Å². The van der Waals surface area contributed by atoms with Gasteiger partial charge in [0.25, 0.3) is 5.91 Å². The summed E-state index contributed by atoms with van der Waals surface area (Å²) < 4.78 is 1.56. The number of rotatable bonds is 3. The zero-order chi connectivity index (χ0) is 18.1. The largest absolute Gasteiger partial charge is 0.320 e. The summed E-state index contributed by atoms with van der Waals surface area (Å²) in [4.78, 5) is 12.4. The number of aryl methyl sites for hydroxylation is 2. The third-order valence-electron chi connectivity index (χ3n) is 4.61. The van der Waals surface area contributed by atoms with Gasteiger partial charge in [-0.2, -0.15) is 5.10 Å². The van der Waals surface area contributed by atoms with Gasteiger partial charge in [0.2, 0.25) is 0 Å². The number of nitrogens with zero attached hydrogens (tertiary/aromatic N) is 2. The van der Waals surface area contributed by atoms with Gasteiger partial charge in [-0.3, -0.25) is 9.48 Å². The third-order valence-corrected chi connectivity index (χ3v) is 4.61. The van der Waals surface area contributed by atoms with Crippen LogP contribution in [0.4, 0.5) is 5.69 Å².